The Bertz CT molecular complexity index is 629. The van der Waals surface area contributed by atoms with Gasteiger partial charge < -0.3 is 9.73 Å². The molecule has 0 aliphatic rings. The van der Waals surface area contributed by atoms with Gasteiger partial charge in [-0.3, -0.25) is 4.79 Å². The number of carbonyl (C=O) groups is 1. The summed E-state index contributed by atoms with van der Waals surface area (Å²) in [5.74, 6) is 1.23. The van der Waals surface area contributed by atoms with E-state index in [4.69, 9.17) is 16.0 Å². The smallest absolute Gasteiger partial charge is 0.248 e. The van der Waals surface area contributed by atoms with Crippen molar-refractivity contribution < 1.29 is 9.21 Å². The minimum Gasteiger partial charge on any atom is -0.462 e. The van der Waals surface area contributed by atoms with Crippen LogP contribution in [0.2, 0.25) is 5.02 Å². The lowest BCUT2D eigenvalue weighted by Gasteiger charge is -2.04. The molecule has 0 radical (unpaired) electrons. The van der Waals surface area contributed by atoms with Gasteiger partial charge in [0.1, 0.15) is 11.5 Å². The second-order valence-electron chi connectivity index (χ2n) is 4.23. The van der Waals surface area contributed by atoms with Gasteiger partial charge in [-0.2, -0.15) is 0 Å². The minimum atomic E-state index is -0.228. The molecule has 0 spiro atoms. The van der Waals surface area contributed by atoms with E-state index in [9.17, 15) is 4.79 Å². The Morgan fingerprint density at radius 2 is 2.05 bits per heavy atom. The third-order valence-corrected chi connectivity index (χ3v) is 3.01. The Kier molecular flexibility index (Phi) is 4.07. The first-order valence-electron chi connectivity index (χ1n) is 5.86. The summed E-state index contributed by atoms with van der Waals surface area (Å²) >= 11 is 5.99. The molecule has 1 aromatic carbocycles. The Morgan fingerprint density at radius 1 is 1.26 bits per heavy atom. The maximum absolute atomic E-state index is 11.7. The van der Waals surface area contributed by atoms with Crippen molar-refractivity contribution in [2.75, 3.05) is 5.32 Å². The largest absolute Gasteiger partial charge is 0.462 e. The molecule has 0 unspecified atom stereocenters. The maximum Gasteiger partial charge on any atom is 0.248 e. The van der Waals surface area contributed by atoms with E-state index in [2.05, 4.69) is 5.32 Å². The van der Waals surface area contributed by atoms with Gasteiger partial charge in [0.15, 0.2) is 0 Å². The monoisotopic (exact) mass is 275 g/mol. The Labute approximate surface area is 116 Å². The number of furan rings is 1. The van der Waals surface area contributed by atoms with Crippen LogP contribution in [0.5, 0.6) is 0 Å². The molecule has 2 rings (SSSR count). The van der Waals surface area contributed by atoms with Gasteiger partial charge >= 0.3 is 0 Å². The molecule has 1 N–H and O–H groups in total. The van der Waals surface area contributed by atoms with Crippen molar-refractivity contribution >= 4 is 29.3 Å². The fraction of sp³-hybridized carbons (Fsp3) is 0.133. The molecule has 0 atom stereocenters. The number of halogens is 1. The minimum absolute atomic E-state index is 0.228. The number of benzene rings is 1. The van der Waals surface area contributed by atoms with Gasteiger partial charge in [-0.05, 0) is 49.8 Å². The predicted octanol–water partition coefficient (Wildman–Crippen LogP) is 4.20. The second-order valence-corrected chi connectivity index (χ2v) is 4.64. The summed E-state index contributed by atoms with van der Waals surface area (Å²) in [6, 6.07) is 9.04. The first kappa shape index (κ1) is 13.4. The van der Waals surface area contributed by atoms with Crippen molar-refractivity contribution in [2.45, 2.75) is 13.8 Å². The zero-order valence-corrected chi connectivity index (χ0v) is 11.5. The average Bonchev–Trinajstić information content (AvgIpc) is 2.77. The third kappa shape index (κ3) is 3.73. The van der Waals surface area contributed by atoms with Crippen molar-refractivity contribution in [3.05, 3.63) is 58.5 Å². The van der Waals surface area contributed by atoms with E-state index in [1.165, 1.54) is 6.08 Å². The number of hydrogen-bond donors (Lipinski definition) is 1. The lowest BCUT2D eigenvalue weighted by atomic mass is 10.2. The van der Waals surface area contributed by atoms with E-state index in [-0.39, 0.29) is 5.91 Å². The molecule has 0 bridgehead atoms. The highest BCUT2D eigenvalue weighted by Gasteiger charge is 2.01. The van der Waals surface area contributed by atoms with Gasteiger partial charge in [0.05, 0.1) is 0 Å². The molecule has 2 aromatic rings. The van der Waals surface area contributed by atoms with Crippen molar-refractivity contribution in [1.29, 1.82) is 0 Å². The summed E-state index contributed by atoms with van der Waals surface area (Å²) in [7, 11) is 0. The number of aryl methyl sites for hydroxylation is 2. The average molecular weight is 276 g/mol. The molecule has 3 nitrogen and oxygen atoms in total. The van der Waals surface area contributed by atoms with E-state index in [1.54, 1.807) is 12.1 Å². The SMILES string of the molecule is Cc1ccc(/C=C\C(=O)Nc2ccc(C)c(Cl)c2)o1. The molecule has 19 heavy (non-hydrogen) atoms. The van der Waals surface area contributed by atoms with Crippen LogP contribution in [-0.4, -0.2) is 5.91 Å². The van der Waals surface area contributed by atoms with Crippen LogP contribution >= 0.6 is 11.6 Å². The van der Waals surface area contributed by atoms with Gasteiger partial charge in [0.25, 0.3) is 0 Å². The topological polar surface area (TPSA) is 42.2 Å². The highest BCUT2D eigenvalue weighted by molar-refractivity contribution is 6.31. The normalized spacial score (nSPS) is 10.9. The van der Waals surface area contributed by atoms with Crippen LogP contribution in [0.1, 0.15) is 17.1 Å². The molecule has 1 aromatic heterocycles. The van der Waals surface area contributed by atoms with Crippen molar-refractivity contribution in [3.8, 4) is 0 Å². The summed E-state index contributed by atoms with van der Waals surface area (Å²) in [6.07, 6.45) is 3.05. The molecule has 0 fully saturated rings. The van der Waals surface area contributed by atoms with Crippen LogP contribution in [0.25, 0.3) is 6.08 Å². The lowest BCUT2D eigenvalue weighted by molar-refractivity contribution is -0.111. The summed E-state index contributed by atoms with van der Waals surface area (Å²) in [6.45, 7) is 3.76. The van der Waals surface area contributed by atoms with Crippen molar-refractivity contribution in [3.63, 3.8) is 0 Å². The molecule has 0 saturated heterocycles. The van der Waals surface area contributed by atoms with Gasteiger partial charge in [0, 0.05) is 16.8 Å². The zero-order chi connectivity index (χ0) is 13.8. The highest BCUT2D eigenvalue weighted by atomic mass is 35.5. The van der Waals surface area contributed by atoms with Crippen LogP contribution in [-0.2, 0) is 4.79 Å². The summed E-state index contributed by atoms with van der Waals surface area (Å²) in [5, 5.41) is 3.36. The molecule has 0 aliphatic carbocycles. The number of nitrogens with one attached hydrogen (secondary N) is 1. The van der Waals surface area contributed by atoms with Crippen LogP contribution in [0.3, 0.4) is 0 Å². The van der Waals surface area contributed by atoms with Gasteiger partial charge in [-0.25, -0.2) is 0 Å². The number of carbonyl (C=O) groups excluding carboxylic acids is 1. The van der Waals surface area contributed by atoms with E-state index >= 15 is 0 Å². The van der Waals surface area contributed by atoms with Crippen molar-refractivity contribution in [2.24, 2.45) is 0 Å². The van der Waals surface area contributed by atoms with Crippen LogP contribution in [0, 0.1) is 13.8 Å². The molecule has 0 saturated carbocycles. The standard InChI is InChI=1S/C15H14ClNO2/c1-10-3-5-12(9-14(10)16)17-15(18)8-7-13-6-4-11(2)19-13/h3-9H,1-2H3,(H,17,18)/b8-7-. The first-order chi connectivity index (χ1) is 9.04. The molecule has 1 amide bonds. The number of rotatable bonds is 3. The van der Waals surface area contributed by atoms with Crippen LogP contribution in [0.4, 0.5) is 5.69 Å². The lowest BCUT2D eigenvalue weighted by Crippen LogP contribution is -2.07. The Morgan fingerprint density at radius 3 is 2.68 bits per heavy atom. The summed E-state index contributed by atoms with van der Waals surface area (Å²) in [5.41, 5.74) is 1.64. The molecule has 98 valence electrons. The Balaban J connectivity index is 2.01. The third-order valence-electron chi connectivity index (χ3n) is 2.60. The number of anilines is 1. The van der Waals surface area contributed by atoms with E-state index in [0.29, 0.717) is 16.5 Å². The van der Waals surface area contributed by atoms with E-state index in [1.807, 2.05) is 38.1 Å². The Hall–Kier alpha value is -2.00. The van der Waals surface area contributed by atoms with E-state index in [0.717, 1.165) is 11.3 Å². The van der Waals surface area contributed by atoms with Gasteiger partial charge in [-0.15, -0.1) is 0 Å². The molecule has 1 heterocycles. The number of amides is 1. The highest BCUT2D eigenvalue weighted by Crippen LogP contribution is 2.20. The molecule has 4 heteroatoms. The molecule has 0 aliphatic heterocycles. The molecular formula is C15H14ClNO2. The maximum atomic E-state index is 11.7. The first-order valence-corrected chi connectivity index (χ1v) is 6.24. The fourth-order valence-electron chi connectivity index (χ4n) is 1.56. The summed E-state index contributed by atoms with van der Waals surface area (Å²) in [4.78, 5) is 11.7. The predicted molar refractivity (Wildman–Crippen MR) is 77.3 cm³/mol. The summed E-state index contributed by atoms with van der Waals surface area (Å²) < 4.78 is 5.33. The molecular weight excluding hydrogens is 262 g/mol. The van der Waals surface area contributed by atoms with Gasteiger partial charge in [-0.1, -0.05) is 17.7 Å². The zero-order valence-electron chi connectivity index (χ0n) is 10.7. The van der Waals surface area contributed by atoms with E-state index < -0.39 is 0 Å². The van der Waals surface area contributed by atoms with Crippen LogP contribution < -0.4 is 5.32 Å². The van der Waals surface area contributed by atoms with Crippen LogP contribution in [0.15, 0.2) is 40.8 Å². The quantitative estimate of drug-likeness (QED) is 0.853. The fourth-order valence-corrected chi connectivity index (χ4v) is 1.74. The van der Waals surface area contributed by atoms with Gasteiger partial charge in [0.2, 0.25) is 5.91 Å². The second kappa shape index (κ2) is 5.76. The van der Waals surface area contributed by atoms with Crippen molar-refractivity contribution in [1.82, 2.24) is 0 Å². The number of hydrogen-bond acceptors (Lipinski definition) is 2.